The van der Waals surface area contributed by atoms with Gasteiger partial charge in [-0.3, -0.25) is 0 Å². The van der Waals surface area contributed by atoms with E-state index in [-0.39, 0.29) is 0 Å². The molecule has 100 valence electrons. The van der Waals surface area contributed by atoms with Crippen molar-refractivity contribution in [3.05, 3.63) is 46.4 Å². The molecule has 1 aromatic carbocycles. The van der Waals surface area contributed by atoms with Crippen LogP contribution in [0.2, 0.25) is 0 Å². The molecule has 0 radical (unpaired) electrons. The van der Waals surface area contributed by atoms with Gasteiger partial charge in [0.2, 0.25) is 0 Å². The molecule has 0 aliphatic carbocycles. The molecule has 1 aromatic heterocycles. The van der Waals surface area contributed by atoms with Gasteiger partial charge in [-0.15, -0.1) is 0 Å². The number of hydrogen-bond acceptors (Lipinski definition) is 4. The highest BCUT2D eigenvalue weighted by atomic mass is 15.0. The lowest BCUT2D eigenvalue weighted by Crippen LogP contribution is -2.08. The summed E-state index contributed by atoms with van der Waals surface area (Å²) in [5, 5.41) is 3.43. The molecule has 0 saturated carbocycles. The predicted molar refractivity (Wildman–Crippen MR) is 79.2 cm³/mol. The molecule has 4 heteroatoms. The first-order chi connectivity index (χ1) is 8.99. The van der Waals surface area contributed by atoms with Gasteiger partial charge in [0.05, 0.1) is 6.54 Å². The molecule has 0 fully saturated rings. The van der Waals surface area contributed by atoms with Gasteiger partial charge in [0.1, 0.15) is 11.6 Å². The van der Waals surface area contributed by atoms with Crippen LogP contribution in [0.3, 0.4) is 0 Å². The Morgan fingerprint density at radius 1 is 1.11 bits per heavy atom. The number of aryl methyl sites for hydroxylation is 2. The first kappa shape index (κ1) is 13.3. The molecule has 1 heterocycles. The lowest BCUT2D eigenvalue weighted by molar-refractivity contribution is 0.949. The van der Waals surface area contributed by atoms with E-state index in [1.54, 1.807) is 12.3 Å². The van der Waals surface area contributed by atoms with Gasteiger partial charge in [0, 0.05) is 11.9 Å². The van der Waals surface area contributed by atoms with E-state index in [1.165, 1.54) is 27.9 Å². The molecular weight excluding hydrogens is 236 g/mol. The quantitative estimate of drug-likeness (QED) is 0.886. The molecule has 0 unspecified atom stereocenters. The smallest absolute Gasteiger partial charge is 0.149 e. The maximum absolute atomic E-state index is 5.66. The second-order valence-corrected chi connectivity index (χ2v) is 4.89. The van der Waals surface area contributed by atoms with Crippen LogP contribution in [-0.4, -0.2) is 9.97 Å². The Labute approximate surface area is 114 Å². The van der Waals surface area contributed by atoms with E-state index >= 15 is 0 Å². The van der Waals surface area contributed by atoms with Crippen LogP contribution in [0.5, 0.6) is 0 Å². The maximum atomic E-state index is 5.66. The molecule has 3 N–H and O–H groups in total. The fourth-order valence-corrected chi connectivity index (χ4v) is 2.15. The van der Waals surface area contributed by atoms with Crippen LogP contribution >= 0.6 is 0 Å². The number of benzene rings is 1. The summed E-state index contributed by atoms with van der Waals surface area (Å²) in [7, 11) is 0. The fourth-order valence-electron chi connectivity index (χ4n) is 2.15. The SMILES string of the molecule is Cc1cc(C)c(C)c(NCc2nccc(N)n2)c1C. The van der Waals surface area contributed by atoms with Crippen molar-refractivity contribution in [1.29, 1.82) is 0 Å². The summed E-state index contributed by atoms with van der Waals surface area (Å²) in [6.45, 7) is 9.10. The first-order valence-electron chi connectivity index (χ1n) is 6.37. The summed E-state index contributed by atoms with van der Waals surface area (Å²) in [6.07, 6.45) is 1.68. The van der Waals surface area contributed by atoms with Gasteiger partial charge in [0.15, 0.2) is 0 Å². The fraction of sp³-hybridized carbons (Fsp3) is 0.333. The molecule has 0 aliphatic heterocycles. The van der Waals surface area contributed by atoms with Crippen molar-refractivity contribution < 1.29 is 0 Å². The normalized spacial score (nSPS) is 10.5. The standard InChI is InChI=1S/C15H20N4/c1-9-7-10(2)12(4)15(11(9)3)18-8-14-17-6-5-13(16)19-14/h5-7,18H,8H2,1-4H3,(H2,16,17,19). The number of hydrogen-bond donors (Lipinski definition) is 2. The monoisotopic (exact) mass is 256 g/mol. The average molecular weight is 256 g/mol. The molecule has 0 amide bonds. The largest absolute Gasteiger partial charge is 0.384 e. The van der Waals surface area contributed by atoms with Crippen molar-refractivity contribution in [3.63, 3.8) is 0 Å². The maximum Gasteiger partial charge on any atom is 0.149 e. The molecule has 0 aliphatic rings. The van der Waals surface area contributed by atoms with E-state index in [1.807, 2.05) is 0 Å². The molecule has 0 atom stereocenters. The second-order valence-electron chi connectivity index (χ2n) is 4.89. The zero-order valence-corrected chi connectivity index (χ0v) is 11.9. The number of nitrogens with two attached hydrogens (primary N) is 1. The Balaban J connectivity index is 2.25. The summed E-state index contributed by atoms with van der Waals surface area (Å²) in [5.74, 6) is 1.21. The molecule has 2 aromatic rings. The summed E-state index contributed by atoms with van der Waals surface area (Å²) >= 11 is 0. The van der Waals surface area contributed by atoms with Gasteiger partial charge in [-0.1, -0.05) is 6.07 Å². The van der Waals surface area contributed by atoms with Crippen molar-refractivity contribution >= 4 is 11.5 Å². The zero-order chi connectivity index (χ0) is 14.0. The highest BCUT2D eigenvalue weighted by Gasteiger charge is 2.08. The Bertz CT molecular complexity index is 579. The minimum absolute atomic E-state index is 0.501. The molecular formula is C15H20N4. The van der Waals surface area contributed by atoms with Gasteiger partial charge >= 0.3 is 0 Å². The minimum atomic E-state index is 0.501. The summed E-state index contributed by atoms with van der Waals surface area (Å²) in [6, 6.07) is 3.91. The number of anilines is 2. The van der Waals surface area contributed by atoms with Crippen molar-refractivity contribution in [2.45, 2.75) is 34.2 Å². The molecule has 19 heavy (non-hydrogen) atoms. The lowest BCUT2D eigenvalue weighted by Gasteiger charge is -2.16. The molecule has 4 nitrogen and oxygen atoms in total. The van der Waals surface area contributed by atoms with Gasteiger partial charge in [-0.05, 0) is 56.0 Å². The van der Waals surface area contributed by atoms with Crippen molar-refractivity contribution in [2.75, 3.05) is 11.1 Å². The number of nitrogens with zero attached hydrogens (tertiary/aromatic N) is 2. The Morgan fingerprint density at radius 2 is 1.74 bits per heavy atom. The molecule has 0 bridgehead atoms. The highest BCUT2D eigenvalue weighted by Crippen LogP contribution is 2.26. The minimum Gasteiger partial charge on any atom is -0.384 e. The summed E-state index contributed by atoms with van der Waals surface area (Å²) in [4.78, 5) is 8.40. The third kappa shape index (κ3) is 2.84. The van der Waals surface area contributed by atoms with Crippen molar-refractivity contribution in [3.8, 4) is 0 Å². The third-order valence-electron chi connectivity index (χ3n) is 3.52. The number of nitrogen functional groups attached to an aromatic ring is 1. The van der Waals surface area contributed by atoms with E-state index in [4.69, 9.17) is 5.73 Å². The number of nitrogens with one attached hydrogen (secondary N) is 1. The van der Waals surface area contributed by atoms with Gasteiger partial charge < -0.3 is 11.1 Å². The zero-order valence-electron chi connectivity index (χ0n) is 11.9. The number of aromatic nitrogens is 2. The van der Waals surface area contributed by atoms with E-state index in [9.17, 15) is 0 Å². The Kier molecular flexibility index (Phi) is 3.69. The van der Waals surface area contributed by atoms with E-state index in [0.29, 0.717) is 18.2 Å². The van der Waals surface area contributed by atoms with Gasteiger partial charge in [-0.25, -0.2) is 9.97 Å². The van der Waals surface area contributed by atoms with E-state index < -0.39 is 0 Å². The first-order valence-corrected chi connectivity index (χ1v) is 6.37. The van der Waals surface area contributed by atoms with Crippen LogP contribution in [0.1, 0.15) is 28.1 Å². The van der Waals surface area contributed by atoms with Crippen LogP contribution in [0.4, 0.5) is 11.5 Å². The van der Waals surface area contributed by atoms with Gasteiger partial charge in [0.25, 0.3) is 0 Å². The number of rotatable bonds is 3. The van der Waals surface area contributed by atoms with Crippen molar-refractivity contribution in [2.24, 2.45) is 0 Å². The third-order valence-corrected chi connectivity index (χ3v) is 3.52. The Morgan fingerprint density at radius 3 is 2.32 bits per heavy atom. The molecule has 0 saturated heterocycles. The average Bonchev–Trinajstić information content (AvgIpc) is 2.36. The van der Waals surface area contributed by atoms with E-state index in [2.05, 4.69) is 49.0 Å². The van der Waals surface area contributed by atoms with E-state index in [0.717, 1.165) is 0 Å². The highest BCUT2D eigenvalue weighted by molar-refractivity contribution is 5.62. The summed E-state index contributed by atoms with van der Waals surface area (Å²) < 4.78 is 0. The van der Waals surface area contributed by atoms with Crippen LogP contribution < -0.4 is 11.1 Å². The topological polar surface area (TPSA) is 63.8 Å². The van der Waals surface area contributed by atoms with Crippen LogP contribution in [0, 0.1) is 27.7 Å². The van der Waals surface area contributed by atoms with Crippen LogP contribution in [0.25, 0.3) is 0 Å². The molecule has 0 spiro atoms. The summed E-state index contributed by atoms with van der Waals surface area (Å²) in [5.41, 5.74) is 11.9. The van der Waals surface area contributed by atoms with Crippen LogP contribution in [0.15, 0.2) is 18.3 Å². The predicted octanol–water partition coefficient (Wildman–Crippen LogP) is 2.90. The Hall–Kier alpha value is -2.10. The lowest BCUT2D eigenvalue weighted by atomic mass is 9.99. The van der Waals surface area contributed by atoms with Crippen LogP contribution in [-0.2, 0) is 6.54 Å². The second kappa shape index (κ2) is 5.26. The van der Waals surface area contributed by atoms with Gasteiger partial charge in [-0.2, -0.15) is 0 Å². The van der Waals surface area contributed by atoms with Crippen molar-refractivity contribution in [1.82, 2.24) is 9.97 Å². The molecule has 2 rings (SSSR count).